The van der Waals surface area contributed by atoms with Crippen LogP contribution in [0.1, 0.15) is 22.0 Å². The highest BCUT2D eigenvalue weighted by Crippen LogP contribution is 2.25. The first-order valence-electron chi connectivity index (χ1n) is 6.80. The minimum atomic E-state index is -1.32. The van der Waals surface area contributed by atoms with Crippen molar-refractivity contribution in [3.63, 3.8) is 0 Å². The molecule has 0 saturated carbocycles. The maximum atomic E-state index is 12.0. The van der Waals surface area contributed by atoms with E-state index in [0.29, 0.717) is 11.6 Å². The van der Waals surface area contributed by atoms with Gasteiger partial charge in [-0.25, -0.2) is 9.59 Å². The average Bonchev–Trinajstić information content (AvgIpc) is 2.60. The van der Waals surface area contributed by atoms with Crippen LogP contribution in [0.25, 0.3) is 0 Å². The van der Waals surface area contributed by atoms with Gasteiger partial charge in [0.25, 0.3) is 11.4 Å². The summed E-state index contributed by atoms with van der Waals surface area (Å²) in [4.78, 5) is 43.8. The molecule has 2 rings (SSSR count). The quantitative estimate of drug-likeness (QED) is 0.372. The summed E-state index contributed by atoms with van der Waals surface area (Å²) in [6, 6.07) is 9.14. The second-order valence-corrected chi connectivity index (χ2v) is 4.81. The molecule has 0 aliphatic rings. The highest BCUT2D eigenvalue weighted by Gasteiger charge is 2.28. The van der Waals surface area contributed by atoms with E-state index in [2.05, 4.69) is 4.74 Å². The number of esters is 2. The predicted octanol–water partition coefficient (Wildman–Crippen LogP) is 1.89. The van der Waals surface area contributed by atoms with Crippen LogP contribution in [-0.2, 0) is 9.53 Å². The third kappa shape index (κ3) is 4.00. The van der Waals surface area contributed by atoms with Crippen LogP contribution >= 0.6 is 0 Å². The van der Waals surface area contributed by atoms with Crippen LogP contribution in [0.4, 0.5) is 11.4 Å². The van der Waals surface area contributed by atoms with Gasteiger partial charge in [-0.2, -0.15) is 0 Å². The molecule has 0 aliphatic carbocycles. The summed E-state index contributed by atoms with van der Waals surface area (Å²) < 4.78 is 4.57. The third-order valence-corrected chi connectivity index (χ3v) is 3.21. The zero-order chi connectivity index (χ0) is 18.6. The highest BCUT2D eigenvalue weighted by atomic mass is 16.6. The van der Waals surface area contributed by atoms with Gasteiger partial charge in [-0.15, -0.1) is 0 Å². The van der Waals surface area contributed by atoms with E-state index in [9.17, 15) is 29.8 Å². The van der Waals surface area contributed by atoms with E-state index < -0.39 is 44.8 Å². The maximum absolute atomic E-state index is 12.0. The number of hydrogen-bond acceptors (Lipinski definition) is 8. The molecule has 0 fully saturated rings. The fourth-order valence-electron chi connectivity index (χ4n) is 1.96. The Morgan fingerprint density at radius 1 is 1.00 bits per heavy atom. The molecule has 2 aromatic carbocycles. The third-order valence-electron chi connectivity index (χ3n) is 3.21. The van der Waals surface area contributed by atoms with Gasteiger partial charge in [-0.3, -0.25) is 20.2 Å². The van der Waals surface area contributed by atoms with Gasteiger partial charge in [0.05, 0.1) is 15.9 Å². The molecule has 128 valence electrons. The van der Waals surface area contributed by atoms with Crippen molar-refractivity contribution in [3.05, 3.63) is 79.9 Å². The van der Waals surface area contributed by atoms with Gasteiger partial charge < -0.3 is 10.5 Å². The summed E-state index contributed by atoms with van der Waals surface area (Å²) in [5.41, 5.74) is 4.05. The van der Waals surface area contributed by atoms with Crippen molar-refractivity contribution in [2.24, 2.45) is 5.73 Å². The zero-order valence-corrected chi connectivity index (χ0v) is 12.5. The first kappa shape index (κ1) is 17.7. The van der Waals surface area contributed by atoms with Gasteiger partial charge in [0.2, 0.25) is 0 Å². The zero-order valence-electron chi connectivity index (χ0n) is 12.5. The minimum absolute atomic E-state index is 0.387. The number of nitro benzene ring substituents is 2. The lowest BCUT2D eigenvalue weighted by Gasteiger charge is -2.10. The number of benzene rings is 2. The first-order chi connectivity index (χ1) is 11.8. The molecule has 25 heavy (non-hydrogen) atoms. The number of carbonyl (C=O) groups excluding carboxylic acids is 2. The molecule has 0 aliphatic heterocycles. The topological polar surface area (TPSA) is 156 Å². The molecule has 0 radical (unpaired) electrons. The number of nitrogens with two attached hydrogens (primary N) is 1. The maximum Gasteiger partial charge on any atom is 0.352 e. The molecule has 2 aromatic rings. The number of rotatable bonds is 5. The molecular weight excluding hydrogens is 334 g/mol. The summed E-state index contributed by atoms with van der Waals surface area (Å²) in [5, 5.41) is 21.7. The van der Waals surface area contributed by atoms with E-state index in [1.54, 1.807) is 30.3 Å². The van der Waals surface area contributed by atoms with Crippen LogP contribution in [0, 0.1) is 20.2 Å². The highest BCUT2D eigenvalue weighted by molar-refractivity contribution is 6.01. The standard InChI is InChI=1S/C15H11N3O7/c16-13(9-4-2-1-3-5-9)15(20)25-14(19)11-7-6-10(17(21)22)8-12(11)18(23)24/h1-8,13H,16H2. The van der Waals surface area contributed by atoms with Crippen molar-refractivity contribution in [1.82, 2.24) is 0 Å². The molecule has 0 heterocycles. The number of ether oxygens (including phenoxy) is 1. The van der Waals surface area contributed by atoms with E-state index in [1.165, 1.54) is 0 Å². The molecule has 10 nitrogen and oxygen atoms in total. The van der Waals surface area contributed by atoms with Crippen molar-refractivity contribution in [2.45, 2.75) is 6.04 Å². The number of non-ortho nitro benzene ring substituents is 1. The Bertz CT molecular complexity index is 851. The summed E-state index contributed by atoms with van der Waals surface area (Å²) in [6.45, 7) is 0. The van der Waals surface area contributed by atoms with E-state index in [-0.39, 0.29) is 0 Å². The molecule has 0 amide bonds. The minimum Gasteiger partial charge on any atom is -0.388 e. The molecular formula is C15H11N3O7. The summed E-state index contributed by atoms with van der Waals surface area (Å²) in [7, 11) is 0. The first-order valence-corrected chi connectivity index (χ1v) is 6.80. The van der Waals surface area contributed by atoms with Crippen LogP contribution in [0.5, 0.6) is 0 Å². The van der Waals surface area contributed by atoms with Crippen molar-refractivity contribution >= 4 is 23.3 Å². The number of nitro groups is 2. The van der Waals surface area contributed by atoms with Crippen molar-refractivity contribution in [2.75, 3.05) is 0 Å². The predicted molar refractivity (Wildman–Crippen MR) is 83.5 cm³/mol. The van der Waals surface area contributed by atoms with Crippen molar-refractivity contribution in [1.29, 1.82) is 0 Å². The van der Waals surface area contributed by atoms with Crippen LogP contribution < -0.4 is 5.73 Å². The monoisotopic (exact) mass is 345 g/mol. The molecule has 2 N–H and O–H groups in total. The van der Waals surface area contributed by atoms with E-state index in [1.807, 2.05) is 0 Å². The van der Waals surface area contributed by atoms with E-state index in [4.69, 9.17) is 5.73 Å². The Morgan fingerprint density at radius 3 is 2.20 bits per heavy atom. The summed E-state index contributed by atoms with van der Waals surface area (Å²) in [5.74, 6) is -2.43. The van der Waals surface area contributed by atoms with Crippen molar-refractivity contribution < 1.29 is 24.2 Å². The lowest BCUT2D eigenvalue weighted by molar-refractivity contribution is -0.394. The lowest BCUT2D eigenvalue weighted by atomic mass is 10.1. The molecule has 10 heteroatoms. The van der Waals surface area contributed by atoms with E-state index in [0.717, 1.165) is 12.1 Å². The van der Waals surface area contributed by atoms with Crippen LogP contribution in [0.3, 0.4) is 0 Å². The fourth-order valence-corrected chi connectivity index (χ4v) is 1.96. The van der Waals surface area contributed by atoms with Gasteiger partial charge in [-0.05, 0) is 11.6 Å². The molecule has 0 aromatic heterocycles. The van der Waals surface area contributed by atoms with Crippen molar-refractivity contribution in [3.8, 4) is 0 Å². The average molecular weight is 345 g/mol. The Balaban J connectivity index is 2.24. The lowest BCUT2D eigenvalue weighted by Crippen LogP contribution is -2.26. The second-order valence-electron chi connectivity index (χ2n) is 4.81. The smallest absolute Gasteiger partial charge is 0.352 e. The van der Waals surface area contributed by atoms with Gasteiger partial charge >= 0.3 is 11.9 Å². The Morgan fingerprint density at radius 2 is 1.64 bits per heavy atom. The largest absolute Gasteiger partial charge is 0.388 e. The Hall–Kier alpha value is -3.66. The Kier molecular flexibility index (Phi) is 5.15. The van der Waals surface area contributed by atoms with Gasteiger partial charge in [0.15, 0.2) is 0 Å². The molecule has 1 atom stereocenters. The van der Waals surface area contributed by atoms with Gasteiger partial charge in [0, 0.05) is 6.07 Å². The normalized spacial score (nSPS) is 11.4. The van der Waals surface area contributed by atoms with Gasteiger partial charge in [0.1, 0.15) is 11.6 Å². The number of hydrogen-bond donors (Lipinski definition) is 1. The number of carbonyl (C=O) groups is 2. The summed E-state index contributed by atoms with van der Waals surface area (Å²) >= 11 is 0. The SMILES string of the molecule is NC(C(=O)OC(=O)c1ccc([N+](=O)[O-])cc1[N+](=O)[O-])c1ccccc1. The van der Waals surface area contributed by atoms with Crippen LogP contribution in [0.2, 0.25) is 0 Å². The summed E-state index contributed by atoms with van der Waals surface area (Å²) in [6.07, 6.45) is 0. The molecule has 0 spiro atoms. The molecule has 1 unspecified atom stereocenters. The Labute approximate surface area is 140 Å². The molecule has 0 bridgehead atoms. The fraction of sp³-hybridized carbons (Fsp3) is 0.0667. The molecule has 0 saturated heterocycles. The second kappa shape index (κ2) is 7.27. The van der Waals surface area contributed by atoms with E-state index >= 15 is 0 Å². The number of nitrogens with zero attached hydrogens (tertiary/aromatic N) is 2. The van der Waals surface area contributed by atoms with Gasteiger partial charge in [-0.1, -0.05) is 30.3 Å². The van der Waals surface area contributed by atoms with Crippen LogP contribution in [-0.4, -0.2) is 21.8 Å². The van der Waals surface area contributed by atoms with Crippen LogP contribution in [0.15, 0.2) is 48.5 Å².